The summed E-state index contributed by atoms with van der Waals surface area (Å²) < 4.78 is 0.807. The van der Waals surface area contributed by atoms with Crippen molar-refractivity contribution >= 4 is 32.7 Å². The normalized spacial score (nSPS) is 22.9. The van der Waals surface area contributed by atoms with Gasteiger partial charge in [-0.3, -0.25) is 4.79 Å². The second-order valence-electron chi connectivity index (χ2n) is 5.34. The number of hydrogen-bond donors (Lipinski definition) is 3. The number of H-pyrrole nitrogens is 1. The van der Waals surface area contributed by atoms with Crippen molar-refractivity contribution in [3.63, 3.8) is 0 Å². The van der Waals surface area contributed by atoms with E-state index in [9.17, 15) is 9.90 Å². The predicted molar refractivity (Wildman–Crippen MR) is 81.7 cm³/mol. The lowest BCUT2D eigenvalue weighted by Gasteiger charge is -2.26. The number of para-hydroxylation sites is 1. The number of aromatic amines is 1. The molecule has 5 heteroatoms. The monoisotopic (exact) mass is 336 g/mol. The van der Waals surface area contributed by atoms with Crippen molar-refractivity contribution in [3.05, 3.63) is 34.4 Å². The molecule has 1 aromatic heterocycles. The van der Waals surface area contributed by atoms with Crippen LogP contribution in [0.2, 0.25) is 0 Å². The Balaban J connectivity index is 1.77. The summed E-state index contributed by atoms with van der Waals surface area (Å²) in [5, 5.41) is 13.5. The topological polar surface area (TPSA) is 65.1 Å². The molecule has 1 aliphatic rings. The van der Waals surface area contributed by atoms with Gasteiger partial charge in [0, 0.05) is 16.9 Å². The Bertz CT molecular complexity index is 630. The average Bonchev–Trinajstić information content (AvgIpc) is 2.79. The molecule has 0 radical (unpaired) electrons. The number of halogens is 1. The first kappa shape index (κ1) is 13.6. The van der Waals surface area contributed by atoms with Crippen LogP contribution in [0.5, 0.6) is 0 Å². The minimum atomic E-state index is -0.206. The van der Waals surface area contributed by atoms with Crippen LogP contribution >= 0.6 is 15.9 Å². The van der Waals surface area contributed by atoms with E-state index in [0.717, 1.165) is 41.1 Å². The molecule has 1 aliphatic carbocycles. The maximum atomic E-state index is 12.4. The van der Waals surface area contributed by atoms with E-state index >= 15 is 0 Å². The Morgan fingerprint density at radius 1 is 1.25 bits per heavy atom. The van der Waals surface area contributed by atoms with Gasteiger partial charge >= 0.3 is 0 Å². The molecule has 1 heterocycles. The molecular formula is C15H17BrN2O2. The molecule has 0 aliphatic heterocycles. The van der Waals surface area contributed by atoms with Gasteiger partial charge in [0.05, 0.1) is 10.6 Å². The SMILES string of the molecule is O=C(NC1CCC(O)CC1)c1[nH]c2ccccc2c1Br. The second-order valence-corrected chi connectivity index (χ2v) is 6.13. The molecule has 0 atom stereocenters. The van der Waals surface area contributed by atoms with E-state index in [2.05, 4.69) is 26.2 Å². The quantitative estimate of drug-likeness (QED) is 0.789. The number of rotatable bonds is 2. The van der Waals surface area contributed by atoms with Crippen molar-refractivity contribution in [2.75, 3.05) is 0 Å². The van der Waals surface area contributed by atoms with Crippen molar-refractivity contribution < 1.29 is 9.90 Å². The molecule has 2 aromatic rings. The summed E-state index contributed by atoms with van der Waals surface area (Å²) in [4.78, 5) is 15.5. The van der Waals surface area contributed by atoms with Gasteiger partial charge in [0.2, 0.25) is 0 Å². The van der Waals surface area contributed by atoms with Gasteiger partial charge in [0.1, 0.15) is 5.69 Å². The number of fused-ring (bicyclic) bond motifs is 1. The zero-order valence-corrected chi connectivity index (χ0v) is 12.6. The van der Waals surface area contributed by atoms with Crippen molar-refractivity contribution in [1.82, 2.24) is 10.3 Å². The molecule has 1 amide bonds. The number of hydrogen-bond acceptors (Lipinski definition) is 2. The summed E-state index contributed by atoms with van der Waals surface area (Å²) in [5.41, 5.74) is 1.51. The highest BCUT2D eigenvalue weighted by atomic mass is 79.9. The molecule has 1 aromatic carbocycles. The standard InChI is InChI=1S/C15H17BrN2O2/c16-13-11-3-1-2-4-12(11)18-14(13)15(20)17-9-5-7-10(19)8-6-9/h1-4,9-10,18-19H,5-8H2,(H,17,20). The largest absolute Gasteiger partial charge is 0.393 e. The molecule has 0 saturated heterocycles. The van der Waals surface area contributed by atoms with Gasteiger partial charge in [-0.25, -0.2) is 0 Å². The number of aliphatic hydroxyl groups is 1. The number of aliphatic hydroxyl groups excluding tert-OH is 1. The lowest BCUT2D eigenvalue weighted by Crippen LogP contribution is -2.38. The molecule has 3 rings (SSSR count). The summed E-state index contributed by atoms with van der Waals surface area (Å²) in [7, 11) is 0. The van der Waals surface area contributed by atoms with Crippen LogP contribution < -0.4 is 5.32 Å². The number of nitrogens with one attached hydrogen (secondary N) is 2. The highest BCUT2D eigenvalue weighted by Crippen LogP contribution is 2.28. The van der Waals surface area contributed by atoms with E-state index in [-0.39, 0.29) is 18.1 Å². The molecule has 0 spiro atoms. The minimum absolute atomic E-state index is 0.0885. The van der Waals surface area contributed by atoms with Crippen LogP contribution in [-0.2, 0) is 0 Å². The number of amides is 1. The van der Waals surface area contributed by atoms with Crippen LogP contribution in [0.4, 0.5) is 0 Å². The maximum Gasteiger partial charge on any atom is 0.269 e. The Morgan fingerprint density at radius 3 is 2.65 bits per heavy atom. The van der Waals surface area contributed by atoms with Crippen LogP contribution in [0, 0.1) is 0 Å². The highest BCUT2D eigenvalue weighted by Gasteiger charge is 2.23. The first-order valence-corrected chi connectivity index (χ1v) is 7.69. The van der Waals surface area contributed by atoms with Crippen molar-refractivity contribution in [1.29, 1.82) is 0 Å². The van der Waals surface area contributed by atoms with Gasteiger partial charge in [0.25, 0.3) is 5.91 Å². The average molecular weight is 337 g/mol. The number of carbonyl (C=O) groups excluding carboxylic acids is 1. The van der Waals surface area contributed by atoms with Crippen molar-refractivity contribution in [2.24, 2.45) is 0 Å². The Kier molecular flexibility index (Phi) is 3.81. The van der Waals surface area contributed by atoms with Crippen LogP contribution in [0.1, 0.15) is 36.2 Å². The summed E-state index contributed by atoms with van der Waals surface area (Å²) in [6, 6.07) is 7.97. The molecule has 20 heavy (non-hydrogen) atoms. The zero-order valence-electron chi connectivity index (χ0n) is 11.0. The van der Waals surface area contributed by atoms with Crippen LogP contribution in [-0.4, -0.2) is 28.1 Å². The Morgan fingerprint density at radius 2 is 1.95 bits per heavy atom. The Hall–Kier alpha value is -1.33. The fourth-order valence-corrected chi connectivity index (χ4v) is 3.37. The molecule has 1 saturated carbocycles. The van der Waals surface area contributed by atoms with E-state index in [1.165, 1.54) is 0 Å². The van der Waals surface area contributed by atoms with E-state index < -0.39 is 0 Å². The predicted octanol–water partition coefficient (Wildman–Crippen LogP) is 2.96. The molecule has 4 nitrogen and oxygen atoms in total. The summed E-state index contributed by atoms with van der Waals surface area (Å²) in [6.45, 7) is 0. The van der Waals surface area contributed by atoms with Crippen molar-refractivity contribution in [3.8, 4) is 0 Å². The van der Waals surface area contributed by atoms with Crippen LogP contribution in [0.15, 0.2) is 28.7 Å². The van der Waals surface area contributed by atoms with Gasteiger partial charge in [-0.05, 0) is 47.7 Å². The van der Waals surface area contributed by atoms with Crippen LogP contribution in [0.25, 0.3) is 10.9 Å². The van der Waals surface area contributed by atoms with Gasteiger partial charge in [0.15, 0.2) is 0 Å². The third-order valence-corrected chi connectivity index (χ3v) is 4.73. The number of benzene rings is 1. The van der Waals surface area contributed by atoms with Crippen molar-refractivity contribution in [2.45, 2.75) is 37.8 Å². The lowest BCUT2D eigenvalue weighted by molar-refractivity contribution is 0.0863. The van der Waals surface area contributed by atoms with Gasteiger partial charge in [-0.1, -0.05) is 18.2 Å². The number of aromatic nitrogens is 1. The molecule has 0 bridgehead atoms. The third-order valence-electron chi connectivity index (χ3n) is 3.90. The minimum Gasteiger partial charge on any atom is -0.393 e. The van der Waals surface area contributed by atoms with Crippen LogP contribution in [0.3, 0.4) is 0 Å². The van der Waals surface area contributed by atoms with Gasteiger partial charge in [-0.15, -0.1) is 0 Å². The zero-order chi connectivity index (χ0) is 14.1. The Labute approximate surface area is 125 Å². The smallest absolute Gasteiger partial charge is 0.269 e. The summed E-state index contributed by atoms with van der Waals surface area (Å²) in [6.07, 6.45) is 3.00. The van der Waals surface area contributed by atoms with E-state index in [4.69, 9.17) is 0 Å². The number of carbonyl (C=O) groups is 1. The second kappa shape index (κ2) is 5.58. The van der Waals surface area contributed by atoms with E-state index in [0.29, 0.717) is 5.69 Å². The molecule has 3 N–H and O–H groups in total. The summed E-state index contributed by atoms with van der Waals surface area (Å²) in [5.74, 6) is -0.0885. The lowest BCUT2D eigenvalue weighted by atomic mass is 9.93. The fourth-order valence-electron chi connectivity index (χ4n) is 2.74. The van der Waals surface area contributed by atoms with Gasteiger partial charge < -0.3 is 15.4 Å². The third kappa shape index (κ3) is 2.60. The molecule has 106 valence electrons. The van der Waals surface area contributed by atoms with E-state index in [1.807, 2.05) is 24.3 Å². The van der Waals surface area contributed by atoms with Gasteiger partial charge in [-0.2, -0.15) is 0 Å². The molecule has 1 fully saturated rings. The molecule has 0 unspecified atom stereocenters. The fraction of sp³-hybridized carbons (Fsp3) is 0.400. The first-order valence-electron chi connectivity index (χ1n) is 6.90. The molecular weight excluding hydrogens is 320 g/mol. The highest BCUT2D eigenvalue weighted by molar-refractivity contribution is 9.10. The van der Waals surface area contributed by atoms with E-state index in [1.54, 1.807) is 0 Å². The first-order chi connectivity index (χ1) is 9.65. The summed E-state index contributed by atoms with van der Waals surface area (Å²) >= 11 is 3.49. The maximum absolute atomic E-state index is 12.4.